The number of hydrogen-bond acceptors (Lipinski definition) is 8. The first-order valence-corrected chi connectivity index (χ1v) is 13.6. The van der Waals surface area contributed by atoms with Crippen molar-refractivity contribution in [3.8, 4) is 11.5 Å². The van der Waals surface area contributed by atoms with Crippen LogP contribution in [0.25, 0.3) is 11.5 Å². The highest BCUT2D eigenvalue weighted by molar-refractivity contribution is 7.92. The summed E-state index contributed by atoms with van der Waals surface area (Å²) in [5, 5.41) is 10.3. The van der Waals surface area contributed by atoms with E-state index in [1.54, 1.807) is 24.3 Å². The Kier molecular flexibility index (Phi) is 6.61. The van der Waals surface area contributed by atoms with E-state index in [0.29, 0.717) is 5.02 Å². The number of halogens is 1. The maximum absolute atomic E-state index is 12.9. The van der Waals surface area contributed by atoms with Crippen molar-refractivity contribution in [1.29, 1.82) is 0 Å². The Balaban J connectivity index is 1.58. The third-order valence-electron chi connectivity index (χ3n) is 4.70. The molecule has 180 valence electrons. The van der Waals surface area contributed by atoms with Crippen LogP contribution in [-0.4, -0.2) is 39.2 Å². The van der Waals surface area contributed by atoms with E-state index in [2.05, 4.69) is 20.2 Å². The number of nitrogens with zero attached hydrogens (tertiary/aromatic N) is 2. The molecule has 13 heteroatoms. The minimum atomic E-state index is -4.01. The average Bonchev–Trinajstić information content (AvgIpc) is 3.27. The summed E-state index contributed by atoms with van der Waals surface area (Å²) in [6.45, 7) is 0. The number of para-hydroxylation sites is 1. The Bertz CT molecular complexity index is 1620. The molecule has 0 radical (unpaired) electrons. The molecule has 0 fully saturated rings. The topological polar surface area (TPSA) is 148 Å². The second-order valence-electron chi connectivity index (χ2n) is 7.24. The maximum atomic E-state index is 12.9. The number of benzene rings is 3. The van der Waals surface area contributed by atoms with Crippen molar-refractivity contribution in [1.82, 2.24) is 10.2 Å². The molecule has 0 aliphatic heterocycles. The number of anilines is 2. The molecular weight excluding hydrogens is 516 g/mol. The van der Waals surface area contributed by atoms with Gasteiger partial charge in [-0.15, -0.1) is 5.10 Å². The van der Waals surface area contributed by atoms with Gasteiger partial charge in [-0.3, -0.25) is 14.8 Å². The summed E-state index contributed by atoms with van der Waals surface area (Å²) in [4.78, 5) is 12.8. The first-order chi connectivity index (χ1) is 16.5. The van der Waals surface area contributed by atoms with Crippen molar-refractivity contribution in [2.24, 2.45) is 0 Å². The molecule has 0 atom stereocenters. The van der Waals surface area contributed by atoms with Crippen molar-refractivity contribution in [3.63, 3.8) is 0 Å². The Morgan fingerprint density at radius 3 is 2.26 bits per heavy atom. The maximum Gasteiger partial charge on any atom is 0.322 e. The summed E-state index contributed by atoms with van der Waals surface area (Å²) in [5.74, 6) is -0.843. The second-order valence-corrected chi connectivity index (χ2v) is 11.3. The van der Waals surface area contributed by atoms with Gasteiger partial charge in [0.05, 0.1) is 26.6 Å². The molecule has 1 aromatic heterocycles. The van der Waals surface area contributed by atoms with Crippen LogP contribution in [0.15, 0.2) is 87.0 Å². The molecule has 1 amide bonds. The third-order valence-corrected chi connectivity index (χ3v) is 7.49. The highest BCUT2D eigenvalue weighted by Crippen LogP contribution is 2.28. The lowest BCUT2D eigenvalue weighted by Gasteiger charge is -2.12. The normalized spacial score (nSPS) is 11.7. The molecular formula is C22H17ClN4O6S2. The number of carbonyl (C=O) groups is 1. The quantitative estimate of drug-likeness (QED) is 0.364. The molecule has 4 rings (SSSR count). The molecule has 10 nitrogen and oxygen atoms in total. The van der Waals surface area contributed by atoms with Crippen molar-refractivity contribution in [2.45, 2.75) is 9.79 Å². The van der Waals surface area contributed by atoms with E-state index >= 15 is 0 Å². The van der Waals surface area contributed by atoms with Crippen LogP contribution >= 0.6 is 11.6 Å². The molecule has 4 aromatic rings. The Labute approximate surface area is 205 Å². The van der Waals surface area contributed by atoms with Crippen molar-refractivity contribution in [3.05, 3.63) is 83.4 Å². The number of rotatable bonds is 7. The van der Waals surface area contributed by atoms with E-state index in [-0.39, 0.29) is 38.5 Å². The lowest BCUT2D eigenvalue weighted by Crippen LogP contribution is -2.18. The zero-order valence-electron chi connectivity index (χ0n) is 18.0. The highest BCUT2D eigenvalue weighted by Gasteiger charge is 2.22. The van der Waals surface area contributed by atoms with Crippen LogP contribution in [0.5, 0.6) is 0 Å². The molecule has 0 aliphatic carbocycles. The van der Waals surface area contributed by atoms with Crippen LogP contribution < -0.4 is 10.0 Å². The van der Waals surface area contributed by atoms with E-state index in [4.69, 9.17) is 16.0 Å². The molecule has 35 heavy (non-hydrogen) atoms. The average molecular weight is 533 g/mol. The molecule has 0 spiro atoms. The summed E-state index contributed by atoms with van der Waals surface area (Å²) in [6.07, 6.45) is 1.05. The molecule has 0 bridgehead atoms. The van der Waals surface area contributed by atoms with Gasteiger partial charge in [0.15, 0.2) is 9.84 Å². The zero-order valence-corrected chi connectivity index (χ0v) is 20.4. The first kappa shape index (κ1) is 24.4. The summed E-state index contributed by atoms with van der Waals surface area (Å²) < 4.78 is 57.4. The number of aromatic nitrogens is 2. The summed E-state index contributed by atoms with van der Waals surface area (Å²) in [5.41, 5.74) is 0.183. The number of sulfone groups is 1. The first-order valence-electron chi connectivity index (χ1n) is 9.86. The van der Waals surface area contributed by atoms with Gasteiger partial charge in [-0.1, -0.05) is 41.0 Å². The van der Waals surface area contributed by atoms with Gasteiger partial charge in [-0.2, -0.15) is 0 Å². The third kappa shape index (κ3) is 5.50. The largest absolute Gasteiger partial charge is 0.403 e. The second kappa shape index (κ2) is 9.49. The Hall–Kier alpha value is -3.74. The summed E-state index contributed by atoms with van der Waals surface area (Å²) >= 11 is 5.82. The van der Waals surface area contributed by atoms with Crippen LogP contribution in [0.4, 0.5) is 11.7 Å². The van der Waals surface area contributed by atoms with Crippen LogP contribution in [0.3, 0.4) is 0 Å². The summed E-state index contributed by atoms with van der Waals surface area (Å²) in [7, 11) is -7.58. The van der Waals surface area contributed by atoms with Gasteiger partial charge in [-0.05, 0) is 48.5 Å². The van der Waals surface area contributed by atoms with Crippen LogP contribution in [0, 0.1) is 0 Å². The van der Waals surface area contributed by atoms with Gasteiger partial charge in [0.2, 0.25) is 0 Å². The molecule has 0 saturated carbocycles. The van der Waals surface area contributed by atoms with Gasteiger partial charge >= 0.3 is 6.01 Å². The molecule has 2 N–H and O–H groups in total. The minimum Gasteiger partial charge on any atom is -0.403 e. The van der Waals surface area contributed by atoms with Gasteiger partial charge in [0.1, 0.15) is 0 Å². The zero-order chi connectivity index (χ0) is 25.2. The fourth-order valence-electron chi connectivity index (χ4n) is 3.10. The molecule has 0 aliphatic rings. The van der Waals surface area contributed by atoms with Gasteiger partial charge in [-0.25, -0.2) is 16.8 Å². The fraction of sp³-hybridized carbons (Fsp3) is 0.0455. The predicted octanol–water partition coefficient (Wildman–Crippen LogP) is 3.85. The number of hydrogen-bond donors (Lipinski definition) is 2. The van der Waals surface area contributed by atoms with Crippen LogP contribution in [-0.2, 0) is 19.9 Å². The number of nitrogens with one attached hydrogen (secondary N) is 2. The molecule has 0 saturated heterocycles. The molecule has 1 heterocycles. The highest BCUT2D eigenvalue weighted by atomic mass is 35.5. The number of sulfonamides is 1. The van der Waals surface area contributed by atoms with E-state index in [9.17, 15) is 21.6 Å². The van der Waals surface area contributed by atoms with Gasteiger partial charge in [0.25, 0.3) is 21.8 Å². The molecule has 0 unspecified atom stereocenters. The summed E-state index contributed by atoms with van der Waals surface area (Å²) in [6, 6.07) is 17.2. The van der Waals surface area contributed by atoms with E-state index in [0.717, 1.165) is 6.26 Å². The van der Waals surface area contributed by atoms with E-state index in [1.807, 2.05) is 0 Å². The fourth-order valence-corrected chi connectivity index (χ4v) is 5.19. The lowest BCUT2D eigenvalue weighted by molar-refractivity contribution is 0.102. The minimum absolute atomic E-state index is 0.0107. The van der Waals surface area contributed by atoms with Crippen molar-refractivity contribution < 1.29 is 26.0 Å². The smallest absolute Gasteiger partial charge is 0.322 e. The standard InChI is InChI=1S/C22H17ClN4O6S2/c1-34(29,30)19-9-5-3-7-17(19)21-25-26-22(33-21)24-20(28)16-6-2-4-8-18(16)27-35(31,32)15-12-10-14(23)11-13-15/h2-13,27H,1H3,(H,24,26,28). The predicted molar refractivity (Wildman–Crippen MR) is 129 cm³/mol. The Morgan fingerprint density at radius 1 is 0.886 bits per heavy atom. The SMILES string of the molecule is CS(=O)(=O)c1ccccc1-c1nnc(NC(=O)c2ccccc2NS(=O)(=O)c2ccc(Cl)cc2)o1. The van der Waals surface area contributed by atoms with Gasteiger partial charge in [0, 0.05) is 11.3 Å². The molecule has 3 aromatic carbocycles. The Morgan fingerprint density at radius 2 is 1.54 bits per heavy atom. The monoisotopic (exact) mass is 532 g/mol. The van der Waals surface area contributed by atoms with E-state index in [1.165, 1.54) is 48.5 Å². The van der Waals surface area contributed by atoms with Gasteiger partial charge < -0.3 is 4.42 Å². The van der Waals surface area contributed by atoms with Crippen molar-refractivity contribution in [2.75, 3.05) is 16.3 Å². The number of carbonyl (C=O) groups excluding carboxylic acids is 1. The number of amides is 1. The van der Waals surface area contributed by atoms with E-state index < -0.39 is 25.8 Å². The van der Waals surface area contributed by atoms with Crippen LogP contribution in [0.1, 0.15) is 10.4 Å². The lowest BCUT2D eigenvalue weighted by atomic mass is 10.2. The van der Waals surface area contributed by atoms with Crippen LogP contribution in [0.2, 0.25) is 5.02 Å². The van der Waals surface area contributed by atoms with Crippen molar-refractivity contribution >= 4 is 49.1 Å².